The Kier molecular flexibility index (Phi) is 3.91. The van der Waals surface area contributed by atoms with E-state index in [-0.39, 0.29) is 6.04 Å². The smallest absolute Gasteiger partial charge is 0.0591 e. The molecule has 2 N–H and O–H groups in total. The number of nitrogens with two attached hydrogens (primary N) is 1. The van der Waals surface area contributed by atoms with Crippen LogP contribution in [0.2, 0.25) is 0 Å². The minimum atomic E-state index is 0.137. The minimum absolute atomic E-state index is 0.137. The molecule has 3 unspecified atom stereocenters. The number of ether oxygens (including phenoxy) is 1. The number of aromatic nitrogens is 1. The van der Waals surface area contributed by atoms with Gasteiger partial charge in [0, 0.05) is 30.5 Å². The molecule has 2 heterocycles. The Balaban J connectivity index is 1.91. The molecule has 1 aromatic heterocycles. The molecule has 1 aliphatic rings. The average Bonchev–Trinajstić information content (AvgIpc) is 2.82. The largest absolute Gasteiger partial charge is 0.378 e. The Labute approximate surface area is 97.0 Å². The van der Waals surface area contributed by atoms with Gasteiger partial charge in [0.2, 0.25) is 0 Å². The summed E-state index contributed by atoms with van der Waals surface area (Å²) in [6, 6.07) is 6.12. The standard InChI is InChI=1S/C13H20N2O/c1-10(13-6-2-3-7-15-13)12(14)9-11-5-4-8-16-11/h2-3,6-7,10-12H,4-5,8-9,14H2,1H3. The van der Waals surface area contributed by atoms with Crippen molar-refractivity contribution in [1.29, 1.82) is 0 Å². The van der Waals surface area contributed by atoms with E-state index in [9.17, 15) is 0 Å². The topological polar surface area (TPSA) is 48.1 Å². The van der Waals surface area contributed by atoms with Crippen LogP contribution in [-0.4, -0.2) is 23.7 Å². The molecule has 0 bridgehead atoms. The van der Waals surface area contributed by atoms with Crippen molar-refractivity contribution in [2.24, 2.45) is 5.73 Å². The van der Waals surface area contributed by atoms with E-state index in [1.807, 2.05) is 24.4 Å². The molecule has 3 nitrogen and oxygen atoms in total. The highest BCUT2D eigenvalue weighted by Gasteiger charge is 2.23. The molecule has 3 atom stereocenters. The molecule has 1 aromatic rings. The van der Waals surface area contributed by atoms with Crippen LogP contribution >= 0.6 is 0 Å². The van der Waals surface area contributed by atoms with Gasteiger partial charge in [0.1, 0.15) is 0 Å². The van der Waals surface area contributed by atoms with Gasteiger partial charge in [-0.2, -0.15) is 0 Å². The van der Waals surface area contributed by atoms with E-state index in [1.54, 1.807) is 0 Å². The fourth-order valence-corrected chi connectivity index (χ4v) is 2.20. The molecule has 1 fully saturated rings. The van der Waals surface area contributed by atoms with Crippen LogP contribution in [0.4, 0.5) is 0 Å². The monoisotopic (exact) mass is 220 g/mol. The second-order valence-corrected chi connectivity index (χ2v) is 4.58. The quantitative estimate of drug-likeness (QED) is 0.845. The molecule has 0 amide bonds. The van der Waals surface area contributed by atoms with E-state index < -0.39 is 0 Å². The Morgan fingerprint density at radius 3 is 3.06 bits per heavy atom. The fraction of sp³-hybridized carbons (Fsp3) is 0.615. The summed E-state index contributed by atoms with van der Waals surface area (Å²) in [6.07, 6.45) is 5.46. The summed E-state index contributed by atoms with van der Waals surface area (Å²) in [7, 11) is 0. The van der Waals surface area contributed by atoms with Crippen LogP contribution in [0.15, 0.2) is 24.4 Å². The summed E-state index contributed by atoms with van der Waals surface area (Å²) < 4.78 is 5.61. The first-order valence-corrected chi connectivity index (χ1v) is 6.05. The Hall–Kier alpha value is -0.930. The van der Waals surface area contributed by atoms with Gasteiger partial charge in [0.05, 0.1) is 6.10 Å². The van der Waals surface area contributed by atoms with Gasteiger partial charge in [-0.15, -0.1) is 0 Å². The van der Waals surface area contributed by atoms with E-state index in [1.165, 1.54) is 6.42 Å². The SMILES string of the molecule is CC(c1ccccn1)C(N)CC1CCCO1. The van der Waals surface area contributed by atoms with E-state index in [2.05, 4.69) is 11.9 Å². The maximum atomic E-state index is 6.21. The maximum absolute atomic E-state index is 6.21. The first-order chi connectivity index (χ1) is 7.77. The Bertz CT molecular complexity index is 309. The molecular weight excluding hydrogens is 200 g/mol. The van der Waals surface area contributed by atoms with E-state index in [0.717, 1.165) is 25.1 Å². The third kappa shape index (κ3) is 2.80. The lowest BCUT2D eigenvalue weighted by Crippen LogP contribution is -2.31. The lowest BCUT2D eigenvalue weighted by Gasteiger charge is -2.22. The number of hydrogen-bond acceptors (Lipinski definition) is 3. The predicted molar refractivity (Wildman–Crippen MR) is 64.2 cm³/mol. The van der Waals surface area contributed by atoms with Crippen molar-refractivity contribution in [2.75, 3.05) is 6.61 Å². The average molecular weight is 220 g/mol. The summed E-state index contributed by atoms with van der Waals surface area (Å²) in [5.74, 6) is 0.297. The zero-order valence-electron chi connectivity index (χ0n) is 9.80. The zero-order valence-corrected chi connectivity index (χ0v) is 9.80. The van der Waals surface area contributed by atoms with Gasteiger partial charge < -0.3 is 10.5 Å². The molecule has 2 rings (SSSR count). The molecule has 0 spiro atoms. The molecular formula is C13H20N2O. The van der Waals surface area contributed by atoms with Crippen molar-refractivity contribution in [1.82, 2.24) is 4.98 Å². The van der Waals surface area contributed by atoms with Gasteiger partial charge >= 0.3 is 0 Å². The third-order valence-corrected chi connectivity index (χ3v) is 3.36. The second kappa shape index (κ2) is 5.41. The van der Waals surface area contributed by atoms with E-state index >= 15 is 0 Å². The van der Waals surface area contributed by atoms with Crippen LogP contribution in [0.25, 0.3) is 0 Å². The van der Waals surface area contributed by atoms with Crippen molar-refractivity contribution < 1.29 is 4.74 Å². The van der Waals surface area contributed by atoms with Crippen LogP contribution in [0.5, 0.6) is 0 Å². The summed E-state index contributed by atoms with van der Waals surface area (Å²) in [5.41, 5.74) is 7.29. The van der Waals surface area contributed by atoms with Crippen LogP contribution in [0, 0.1) is 0 Å². The van der Waals surface area contributed by atoms with Gasteiger partial charge in [0.15, 0.2) is 0 Å². The number of nitrogens with zero attached hydrogens (tertiary/aromatic N) is 1. The van der Waals surface area contributed by atoms with Crippen molar-refractivity contribution >= 4 is 0 Å². The van der Waals surface area contributed by atoms with Crippen molar-refractivity contribution in [3.8, 4) is 0 Å². The maximum Gasteiger partial charge on any atom is 0.0591 e. The van der Waals surface area contributed by atoms with Gasteiger partial charge in [-0.1, -0.05) is 13.0 Å². The zero-order chi connectivity index (χ0) is 11.4. The first-order valence-electron chi connectivity index (χ1n) is 6.05. The summed E-state index contributed by atoms with van der Waals surface area (Å²) >= 11 is 0. The minimum Gasteiger partial charge on any atom is -0.378 e. The predicted octanol–water partition coefficient (Wildman–Crippen LogP) is 2.08. The van der Waals surface area contributed by atoms with Crippen LogP contribution in [0.3, 0.4) is 0 Å². The lowest BCUT2D eigenvalue weighted by atomic mass is 9.93. The third-order valence-electron chi connectivity index (χ3n) is 3.36. The fourth-order valence-electron chi connectivity index (χ4n) is 2.20. The highest BCUT2D eigenvalue weighted by Crippen LogP contribution is 2.23. The van der Waals surface area contributed by atoms with Gasteiger partial charge in [-0.25, -0.2) is 0 Å². The summed E-state index contributed by atoms with van der Waals surface area (Å²) in [4.78, 5) is 4.35. The molecule has 16 heavy (non-hydrogen) atoms. The molecule has 3 heteroatoms. The molecule has 0 radical (unpaired) electrons. The van der Waals surface area contributed by atoms with Crippen LogP contribution in [-0.2, 0) is 4.74 Å². The molecule has 0 aliphatic carbocycles. The van der Waals surface area contributed by atoms with Gasteiger partial charge in [-0.3, -0.25) is 4.98 Å². The number of rotatable bonds is 4. The van der Waals surface area contributed by atoms with E-state index in [0.29, 0.717) is 12.0 Å². The number of pyridine rings is 1. The Morgan fingerprint density at radius 2 is 2.44 bits per heavy atom. The summed E-state index contributed by atoms with van der Waals surface area (Å²) in [5, 5.41) is 0. The second-order valence-electron chi connectivity index (χ2n) is 4.58. The van der Waals surface area contributed by atoms with Crippen LogP contribution in [0.1, 0.15) is 37.8 Å². The molecule has 1 aliphatic heterocycles. The molecule has 1 saturated heterocycles. The lowest BCUT2D eigenvalue weighted by molar-refractivity contribution is 0.0962. The number of hydrogen-bond donors (Lipinski definition) is 1. The first kappa shape index (κ1) is 11.6. The van der Waals surface area contributed by atoms with Gasteiger partial charge in [0.25, 0.3) is 0 Å². The molecule has 88 valence electrons. The highest BCUT2D eigenvalue weighted by molar-refractivity contribution is 5.10. The van der Waals surface area contributed by atoms with Crippen molar-refractivity contribution in [3.63, 3.8) is 0 Å². The molecule has 0 aromatic carbocycles. The van der Waals surface area contributed by atoms with Gasteiger partial charge in [-0.05, 0) is 31.4 Å². The van der Waals surface area contributed by atoms with E-state index in [4.69, 9.17) is 10.5 Å². The van der Waals surface area contributed by atoms with Crippen molar-refractivity contribution in [2.45, 2.75) is 44.2 Å². The highest BCUT2D eigenvalue weighted by atomic mass is 16.5. The van der Waals surface area contributed by atoms with Crippen molar-refractivity contribution in [3.05, 3.63) is 30.1 Å². The Morgan fingerprint density at radius 1 is 1.56 bits per heavy atom. The van der Waals surface area contributed by atoms with Crippen LogP contribution < -0.4 is 5.73 Å². The molecule has 0 saturated carbocycles. The summed E-state index contributed by atoms with van der Waals surface area (Å²) in [6.45, 7) is 3.04. The normalized spacial score (nSPS) is 24.2.